The van der Waals surface area contributed by atoms with Crippen LogP contribution >= 0.6 is 7.60 Å². The first-order chi connectivity index (χ1) is 13.6. The Morgan fingerprint density at radius 2 is 1.69 bits per heavy atom. The molecule has 0 fully saturated rings. The van der Waals surface area contributed by atoms with E-state index in [-0.39, 0.29) is 23.2 Å². The highest BCUT2D eigenvalue weighted by Crippen LogP contribution is 2.62. The molecule has 1 aromatic carbocycles. The number of phenols is 1. The van der Waals surface area contributed by atoms with Crippen molar-refractivity contribution in [2.24, 2.45) is 0 Å². The fourth-order valence-electron chi connectivity index (χ4n) is 2.81. The summed E-state index contributed by atoms with van der Waals surface area (Å²) in [5.74, 6) is 0.718. The average Bonchev–Trinajstić information content (AvgIpc) is 2.67. The lowest BCUT2D eigenvalue weighted by Crippen LogP contribution is -2.28. The minimum Gasteiger partial charge on any atom is -0.504 e. The van der Waals surface area contributed by atoms with Crippen LogP contribution in [-0.2, 0) is 9.19 Å². The molecule has 2 rings (SSSR count). The topological polar surface area (TPSA) is 103 Å². The molecule has 0 aliphatic heterocycles. The molecule has 29 heavy (non-hydrogen) atoms. The van der Waals surface area contributed by atoms with Gasteiger partial charge in [-0.05, 0) is 58.2 Å². The monoisotopic (exact) mass is 423 g/mol. The highest BCUT2D eigenvalue weighted by atomic mass is 31.2. The van der Waals surface area contributed by atoms with E-state index in [0.29, 0.717) is 18.4 Å². The van der Waals surface area contributed by atoms with Crippen molar-refractivity contribution >= 4 is 13.5 Å². The van der Waals surface area contributed by atoms with Gasteiger partial charge in [0.2, 0.25) is 5.95 Å². The Hall–Kier alpha value is -2.31. The lowest BCUT2D eigenvalue weighted by molar-refractivity contribution is 0.277. The average molecular weight is 423 g/mol. The van der Waals surface area contributed by atoms with Crippen LogP contribution in [0.1, 0.15) is 50.6 Å². The molecule has 2 N–H and O–H groups in total. The number of rotatable bonds is 9. The summed E-state index contributed by atoms with van der Waals surface area (Å²) in [5, 5.41) is 9.30. The zero-order valence-corrected chi connectivity index (χ0v) is 19.0. The van der Waals surface area contributed by atoms with Gasteiger partial charge in [-0.15, -0.1) is 0 Å². The zero-order chi connectivity index (χ0) is 21.8. The number of nitrogens with one attached hydrogen (secondary N) is 1. The van der Waals surface area contributed by atoms with E-state index in [4.69, 9.17) is 13.9 Å². The van der Waals surface area contributed by atoms with Gasteiger partial charge in [-0.25, -0.2) is 20.0 Å². The molecule has 0 aliphatic carbocycles. The van der Waals surface area contributed by atoms with Crippen molar-refractivity contribution in [2.45, 2.75) is 59.5 Å². The van der Waals surface area contributed by atoms with Gasteiger partial charge in [0.1, 0.15) is 5.75 Å². The van der Waals surface area contributed by atoms with Crippen molar-refractivity contribution in [3.05, 3.63) is 35.2 Å². The van der Waals surface area contributed by atoms with Gasteiger partial charge in [-0.2, -0.15) is 4.62 Å². The van der Waals surface area contributed by atoms with E-state index in [1.165, 1.54) is 13.2 Å². The highest BCUT2D eigenvalue weighted by Gasteiger charge is 2.47. The number of aromatic nitrogens is 2. The maximum Gasteiger partial charge on any atom is 0.406 e. The van der Waals surface area contributed by atoms with E-state index in [0.717, 1.165) is 11.4 Å². The summed E-state index contributed by atoms with van der Waals surface area (Å²) in [7, 11) is -2.31. The highest BCUT2D eigenvalue weighted by molar-refractivity contribution is 7.56. The second-order valence-corrected chi connectivity index (χ2v) is 9.69. The van der Waals surface area contributed by atoms with Crippen LogP contribution < -0.4 is 14.7 Å². The Kier molecular flexibility index (Phi) is 7.14. The van der Waals surface area contributed by atoms with Gasteiger partial charge in [0.05, 0.1) is 12.3 Å². The SMILES string of the molecule is CCC(C)(CC)P(=O)(ONc1nc(C)cc(C)n1)Oc1cc(C)c(O)c(OC)c1. The number of hydrogen-bond acceptors (Lipinski definition) is 8. The number of aromatic hydroxyl groups is 1. The molecular weight excluding hydrogens is 393 g/mol. The third-order valence-corrected chi connectivity index (χ3v) is 7.85. The molecule has 8 nitrogen and oxygen atoms in total. The molecule has 160 valence electrons. The predicted molar refractivity (Wildman–Crippen MR) is 113 cm³/mol. The minimum atomic E-state index is -3.75. The summed E-state index contributed by atoms with van der Waals surface area (Å²) in [5.41, 5.74) is 4.67. The summed E-state index contributed by atoms with van der Waals surface area (Å²) < 4.78 is 30.7. The van der Waals surface area contributed by atoms with E-state index < -0.39 is 12.8 Å². The largest absolute Gasteiger partial charge is 0.504 e. The standard InChI is InChI=1S/C20H30N3O5P/c1-8-20(6,9-2)29(25,28-23-19-21-14(4)11-15(5)22-19)27-16-10-13(3)18(24)17(12-16)26-7/h10-12,24H,8-9H2,1-7H3,(H,21,22,23). The maximum absolute atomic E-state index is 13.9. The van der Waals surface area contributed by atoms with Gasteiger partial charge in [0.15, 0.2) is 11.5 Å². The molecule has 1 atom stereocenters. The number of aryl methyl sites for hydroxylation is 3. The zero-order valence-electron chi connectivity index (χ0n) is 18.1. The fourth-order valence-corrected chi connectivity index (χ4v) is 4.65. The third kappa shape index (κ3) is 5.00. The van der Waals surface area contributed by atoms with Crippen molar-refractivity contribution in [3.63, 3.8) is 0 Å². The van der Waals surface area contributed by atoms with Crippen molar-refractivity contribution < 1.29 is 23.6 Å². The molecule has 0 aliphatic rings. The van der Waals surface area contributed by atoms with Crippen molar-refractivity contribution in [3.8, 4) is 17.2 Å². The van der Waals surface area contributed by atoms with E-state index in [9.17, 15) is 9.67 Å². The van der Waals surface area contributed by atoms with Crippen molar-refractivity contribution in [1.82, 2.24) is 9.97 Å². The maximum atomic E-state index is 13.9. The lowest BCUT2D eigenvalue weighted by Gasteiger charge is -2.34. The van der Waals surface area contributed by atoms with Crippen molar-refractivity contribution in [2.75, 3.05) is 12.6 Å². The number of phenolic OH excluding ortho intramolecular Hbond substituents is 1. The summed E-state index contributed by atoms with van der Waals surface area (Å²) in [6.45, 7) is 11.1. The molecule has 9 heteroatoms. The molecule has 1 aromatic heterocycles. The second-order valence-electron chi connectivity index (χ2n) is 7.25. The Balaban J connectivity index is 2.41. The van der Waals surface area contributed by atoms with E-state index in [2.05, 4.69) is 15.4 Å². The van der Waals surface area contributed by atoms with Crippen LogP contribution in [-0.4, -0.2) is 27.3 Å². The summed E-state index contributed by atoms with van der Waals surface area (Å²) in [6.07, 6.45) is 1.12. The summed E-state index contributed by atoms with van der Waals surface area (Å²) >= 11 is 0. The number of hydrogen-bond donors (Lipinski definition) is 2. The van der Waals surface area contributed by atoms with Gasteiger partial charge in [0.25, 0.3) is 0 Å². The van der Waals surface area contributed by atoms with E-state index in [1.807, 2.05) is 40.7 Å². The molecule has 0 spiro atoms. The molecular formula is C20H30N3O5P. The Morgan fingerprint density at radius 1 is 1.10 bits per heavy atom. The number of nitrogens with zero attached hydrogens (tertiary/aromatic N) is 2. The first kappa shape index (κ1) is 23.0. The lowest BCUT2D eigenvalue weighted by atomic mass is 10.1. The summed E-state index contributed by atoms with van der Waals surface area (Å²) in [4.78, 5) is 8.51. The van der Waals surface area contributed by atoms with Gasteiger partial charge in [-0.1, -0.05) is 13.8 Å². The second kappa shape index (κ2) is 9.01. The Bertz CT molecular complexity index is 895. The first-order valence-electron chi connectivity index (χ1n) is 9.51. The van der Waals surface area contributed by atoms with Crippen LogP contribution in [0, 0.1) is 20.8 Å². The molecule has 0 saturated carbocycles. The van der Waals surface area contributed by atoms with Crippen LogP contribution in [0.3, 0.4) is 0 Å². The van der Waals surface area contributed by atoms with Crippen LogP contribution in [0.4, 0.5) is 5.95 Å². The Morgan fingerprint density at radius 3 is 2.21 bits per heavy atom. The minimum absolute atomic E-state index is 0.00565. The molecule has 0 saturated heterocycles. The first-order valence-corrected chi connectivity index (χ1v) is 11.1. The fraction of sp³-hybridized carbons (Fsp3) is 0.500. The van der Waals surface area contributed by atoms with Gasteiger partial charge in [0, 0.05) is 17.5 Å². The smallest absolute Gasteiger partial charge is 0.406 e. The van der Waals surface area contributed by atoms with Crippen LogP contribution in [0.5, 0.6) is 17.2 Å². The van der Waals surface area contributed by atoms with E-state index in [1.54, 1.807) is 13.0 Å². The quantitative estimate of drug-likeness (QED) is 0.413. The van der Waals surface area contributed by atoms with Crippen LogP contribution in [0.25, 0.3) is 0 Å². The Labute approximate surface area is 172 Å². The van der Waals surface area contributed by atoms with Gasteiger partial charge >= 0.3 is 7.60 Å². The summed E-state index contributed by atoms with van der Waals surface area (Å²) in [6, 6.07) is 4.90. The van der Waals surface area contributed by atoms with Crippen LogP contribution in [0.15, 0.2) is 18.2 Å². The molecule has 0 amide bonds. The number of anilines is 1. The van der Waals surface area contributed by atoms with Gasteiger partial charge < -0.3 is 14.4 Å². The molecule has 0 radical (unpaired) electrons. The predicted octanol–water partition coefficient (Wildman–Crippen LogP) is 5.31. The van der Waals surface area contributed by atoms with Gasteiger partial charge in [-0.3, -0.25) is 0 Å². The molecule has 1 unspecified atom stereocenters. The number of methoxy groups -OCH3 is 1. The molecule has 2 aromatic rings. The molecule has 1 heterocycles. The number of benzene rings is 1. The number of ether oxygens (including phenoxy) is 1. The molecule has 0 bridgehead atoms. The normalized spacial score (nSPS) is 13.6. The van der Waals surface area contributed by atoms with E-state index >= 15 is 0 Å². The van der Waals surface area contributed by atoms with Crippen LogP contribution in [0.2, 0.25) is 0 Å². The third-order valence-electron chi connectivity index (χ3n) is 5.11. The van der Waals surface area contributed by atoms with Crippen molar-refractivity contribution in [1.29, 1.82) is 0 Å².